The molecule has 14 heavy (non-hydrogen) atoms. The van der Waals surface area contributed by atoms with Gasteiger partial charge in [0.05, 0.1) is 5.02 Å². The first kappa shape index (κ1) is 11.6. The number of phenolic OH excluding ortho intramolecular Hbond substituents is 1. The van der Waals surface area contributed by atoms with E-state index in [-0.39, 0.29) is 15.8 Å². The van der Waals surface area contributed by atoms with Crippen molar-refractivity contribution in [3.05, 3.63) is 27.5 Å². The fourth-order valence-electron chi connectivity index (χ4n) is 1.08. The van der Waals surface area contributed by atoms with Gasteiger partial charge in [-0.3, -0.25) is 0 Å². The molecule has 2 nitrogen and oxygen atoms in total. The van der Waals surface area contributed by atoms with Crippen molar-refractivity contribution in [1.82, 2.24) is 5.32 Å². The van der Waals surface area contributed by atoms with E-state index >= 15 is 0 Å². The lowest BCUT2D eigenvalue weighted by Crippen LogP contribution is -2.10. The Morgan fingerprint density at radius 2 is 2.07 bits per heavy atom. The summed E-state index contributed by atoms with van der Waals surface area (Å²) in [6.07, 6.45) is 0.496. The molecular weight excluding hydrogens is 228 g/mol. The van der Waals surface area contributed by atoms with Crippen LogP contribution in [0.15, 0.2) is 6.07 Å². The molecule has 2 N–H and O–H groups in total. The van der Waals surface area contributed by atoms with E-state index < -0.39 is 5.82 Å². The van der Waals surface area contributed by atoms with Crippen LogP contribution in [0.25, 0.3) is 0 Å². The normalized spacial score (nSPS) is 10.6. The molecule has 0 aromatic heterocycles. The minimum Gasteiger partial charge on any atom is -0.506 e. The third kappa shape index (κ3) is 2.29. The monoisotopic (exact) mass is 237 g/mol. The van der Waals surface area contributed by atoms with Crippen molar-refractivity contribution in [1.29, 1.82) is 0 Å². The predicted octanol–water partition coefficient (Wildman–Crippen LogP) is 2.60. The van der Waals surface area contributed by atoms with E-state index in [0.717, 1.165) is 0 Å². The Morgan fingerprint density at radius 3 is 2.64 bits per heavy atom. The van der Waals surface area contributed by atoms with Crippen LogP contribution in [-0.2, 0) is 6.42 Å². The van der Waals surface area contributed by atoms with E-state index in [0.29, 0.717) is 18.5 Å². The van der Waals surface area contributed by atoms with E-state index in [1.165, 1.54) is 6.07 Å². The lowest BCUT2D eigenvalue weighted by molar-refractivity contribution is 0.465. The number of hydrogen-bond donors (Lipinski definition) is 2. The lowest BCUT2D eigenvalue weighted by Gasteiger charge is -2.08. The molecule has 1 rings (SSSR count). The molecule has 1 aromatic rings. The molecule has 0 spiro atoms. The SMILES string of the molecule is CNCCc1cc(F)c(Cl)c(Cl)c1O. The quantitative estimate of drug-likeness (QED) is 0.793. The summed E-state index contributed by atoms with van der Waals surface area (Å²) in [6, 6.07) is 1.20. The van der Waals surface area contributed by atoms with Gasteiger partial charge in [-0.15, -0.1) is 0 Å². The van der Waals surface area contributed by atoms with Crippen LogP contribution in [0.1, 0.15) is 5.56 Å². The maximum atomic E-state index is 13.1. The fraction of sp³-hybridized carbons (Fsp3) is 0.333. The summed E-state index contributed by atoms with van der Waals surface area (Å²) >= 11 is 11.1. The number of phenols is 1. The number of halogens is 3. The zero-order chi connectivity index (χ0) is 10.7. The smallest absolute Gasteiger partial charge is 0.143 e. The number of likely N-dealkylation sites (N-methyl/N-ethyl adjacent to an activating group) is 1. The van der Waals surface area contributed by atoms with Gasteiger partial charge in [-0.25, -0.2) is 4.39 Å². The summed E-state index contributed by atoms with van der Waals surface area (Å²) in [6.45, 7) is 0.630. The van der Waals surface area contributed by atoms with E-state index in [1.807, 2.05) is 0 Å². The van der Waals surface area contributed by atoms with Crippen LogP contribution in [-0.4, -0.2) is 18.7 Å². The Hall–Kier alpha value is -0.510. The summed E-state index contributed by atoms with van der Waals surface area (Å²) in [7, 11) is 1.77. The second-order valence-electron chi connectivity index (χ2n) is 2.85. The average molecular weight is 238 g/mol. The molecule has 0 saturated heterocycles. The van der Waals surface area contributed by atoms with Crippen LogP contribution in [0.5, 0.6) is 5.75 Å². The minimum absolute atomic E-state index is 0.127. The minimum atomic E-state index is -0.611. The van der Waals surface area contributed by atoms with Gasteiger partial charge >= 0.3 is 0 Å². The van der Waals surface area contributed by atoms with E-state index in [1.54, 1.807) is 7.05 Å². The van der Waals surface area contributed by atoms with Crippen molar-refractivity contribution >= 4 is 23.2 Å². The number of benzene rings is 1. The first-order valence-corrected chi connectivity index (χ1v) is 4.83. The molecule has 0 fully saturated rings. The second-order valence-corrected chi connectivity index (χ2v) is 3.60. The molecule has 0 atom stereocenters. The first-order chi connectivity index (χ1) is 6.57. The Bertz CT molecular complexity index is 344. The highest BCUT2D eigenvalue weighted by atomic mass is 35.5. The zero-order valence-electron chi connectivity index (χ0n) is 7.57. The molecule has 0 heterocycles. The molecule has 0 aliphatic rings. The Labute approximate surface area is 91.6 Å². The lowest BCUT2D eigenvalue weighted by atomic mass is 10.1. The summed E-state index contributed by atoms with van der Waals surface area (Å²) in [5, 5.41) is 12.0. The van der Waals surface area contributed by atoms with E-state index in [2.05, 4.69) is 5.32 Å². The van der Waals surface area contributed by atoms with Gasteiger partial charge in [0.15, 0.2) is 0 Å². The van der Waals surface area contributed by atoms with Crippen LogP contribution in [0, 0.1) is 5.82 Å². The number of hydrogen-bond acceptors (Lipinski definition) is 2. The van der Waals surface area contributed by atoms with Gasteiger partial charge in [-0.2, -0.15) is 0 Å². The van der Waals surface area contributed by atoms with Crippen LogP contribution in [0.2, 0.25) is 10.0 Å². The van der Waals surface area contributed by atoms with E-state index in [9.17, 15) is 9.50 Å². The summed E-state index contributed by atoms with van der Waals surface area (Å²) in [5.74, 6) is -0.756. The van der Waals surface area contributed by atoms with Crippen molar-refractivity contribution in [3.63, 3.8) is 0 Å². The van der Waals surface area contributed by atoms with Crippen molar-refractivity contribution in [2.75, 3.05) is 13.6 Å². The maximum Gasteiger partial charge on any atom is 0.143 e. The molecule has 78 valence electrons. The molecule has 0 aliphatic heterocycles. The molecule has 0 aliphatic carbocycles. The molecule has 5 heteroatoms. The molecule has 0 radical (unpaired) electrons. The standard InChI is InChI=1S/C9H10Cl2FNO/c1-13-3-2-5-4-6(12)7(10)8(11)9(5)14/h4,13-14H,2-3H2,1H3. The number of aromatic hydroxyl groups is 1. The van der Waals surface area contributed by atoms with Crippen molar-refractivity contribution < 1.29 is 9.50 Å². The highest BCUT2D eigenvalue weighted by Crippen LogP contribution is 2.36. The first-order valence-electron chi connectivity index (χ1n) is 4.08. The highest BCUT2D eigenvalue weighted by molar-refractivity contribution is 6.43. The molecule has 0 saturated carbocycles. The summed E-state index contributed by atoms with van der Waals surface area (Å²) < 4.78 is 13.1. The van der Waals surface area contributed by atoms with Crippen molar-refractivity contribution in [2.24, 2.45) is 0 Å². The van der Waals surface area contributed by atoms with Crippen LogP contribution in [0.3, 0.4) is 0 Å². The second kappa shape index (κ2) is 4.82. The van der Waals surface area contributed by atoms with Crippen LogP contribution < -0.4 is 5.32 Å². The van der Waals surface area contributed by atoms with Gasteiger partial charge in [0, 0.05) is 0 Å². The summed E-state index contributed by atoms with van der Waals surface area (Å²) in [5.41, 5.74) is 0.450. The van der Waals surface area contributed by atoms with Gasteiger partial charge in [0.25, 0.3) is 0 Å². The molecule has 1 aromatic carbocycles. The van der Waals surface area contributed by atoms with Crippen molar-refractivity contribution in [3.8, 4) is 5.75 Å². The van der Waals surface area contributed by atoms with Gasteiger partial charge in [-0.1, -0.05) is 23.2 Å². The highest BCUT2D eigenvalue weighted by Gasteiger charge is 2.14. The third-order valence-corrected chi connectivity index (χ3v) is 2.69. The predicted molar refractivity (Wildman–Crippen MR) is 55.7 cm³/mol. The summed E-state index contributed by atoms with van der Waals surface area (Å²) in [4.78, 5) is 0. The molecule has 0 bridgehead atoms. The molecular formula is C9H10Cl2FNO. The van der Waals surface area contributed by atoms with Gasteiger partial charge < -0.3 is 10.4 Å². The van der Waals surface area contributed by atoms with Gasteiger partial charge in [0.1, 0.15) is 16.6 Å². The Balaban J connectivity index is 3.06. The van der Waals surface area contributed by atoms with Crippen LogP contribution in [0.4, 0.5) is 4.39 Å². The van der Waals surface area contributed by atoms with Gasteiger partial charge in [-0.05, 0) is 31.6 Å². The topological polar surface area (TPSA) is 32.3 Å². The van der Waals surface area contributed by atoms with Gasteiger partial charge in [0.2, 0.25) is 0 Å². The van der Waals surface area contributed by atoms with Crippen LogP contribution >= 0.6 is 23.2 Å². The van der Waals surface area contributed by atoms with E-state index in [4.69, 9.17) is 23.2 Å². The Kier molecular flexibility index (Phi) is 3.98. The fourth-order valence-corrected chi connectivity index (χ4v) is 1.44. The maximum absolute atomic E-state index is 13.1. The third-order valence-electron chi connectivity index (χ3n) is 1.86. The Morgan fingerprint density at radius 1 is 1.43 bits per heavy atom. The number of nitrogens with one attached hydrogen (secondary N) is 1. The number of rotatable bonds is 3. The van der Waals surface area contributed by atoms with Crippen molar-refractivity contribution in [2.45, 2.75) is 6.42 Å². The average Bonchev–Trinajstić information content (AvgIpc) is 2.18. The largest absolute Gasteiger partial charge is 0.506 e. The molecule has 0 amide bonds. The zero-order valence-corrected chi connectivity index (χ0v) is 9.08. The molecule has 0 unspecified atom stereocenters.